The van der Waals surface area contributed by atoms with Gasteiger partial charge in [-0.25, -0.2) is 4.98 Å². The summed E-state index contributed by atoms with van der Waals surface area (Å²) in [5.74, 6) is 1.24. The molecule has 1 heterocycles. The predicted octanol–water partition coefficient (Wildman–Crippen LogP) is 3.54. The molecular formula is C18H26N4S. The molecule has 0 fully saturated rings. The lowest BCUT2D eigenvalue weighted by molar-refractivity contribution is 0.698. The summed E-state index contributed by atoms with van der Waals surface area (Å²) in [5, 5.41) is 7.82. The maximum absolute atomic E-state index is 4.54. The molecule has 23 heavy (non-hydrogen) atoms. The van der Waals surface area contributed by atoms with Gasteiger partial charge < -0.3 is 10.6 Å². The molecule has 2 aromatic rings. The highest BCUT2D eigenvalue weighted by Crippen LogP contribution is 2.16. The number of guanidine groups is 1. The maximum Gasteiger partial charge on any atom is 0.191 e. The topological polar surface area (TPSA) is 49.3 Å². The zero-order chi connectivity index (χ0) is 16.8. The minimum absolute atomic E-state index is 0.429. The largest absolute Gasteiger partial charge is 0.356 e. The van der Waals surface area contributed by atoms with Crippen molar-refractivity contribution in [3.63, 3.8) is 0 Å². The first-order chi connectivity index (χ1) is 11.0. The Morgan fingerprint density at radius 1 is 1.26 bits per heavy atom. The molecule has 0 radical (unpaired) electrons. The highest BCUT2D eigenvalue weighted by atomic mass is 32.1. The summed E-state index contributed by atoms with van der Waals surface area (Å²) in [6.07, 6.45) is 0. The Hall–Kier alpha value is -1.88. The fourth-order valence-corrected chi connectivity index (χ4v) is 3.21. The van der Waals surface area contributed by atoms with Crippen molar-refractivity contribution in [2.45, 2.75) is 40.2 Å². The van der Waals surface area contributed by atoms with Crippen LogP contribution in [0, 0.1) is 20.8 Å². The Bertz CT molecular complexity index is 656. The summed E-state index contributed by atoms with van der Waals surface area (Å²) in [4.78, 5) is 10.1. The van der Waals surface area contributed by atoms with Crippen molar-refractivity contribution in [2.75, 3.05) is 13.6 Å². The lowest BCUT2D eigenvalue weighted by atomic mass is 9.99. The van der Waals surface area contributed by atoms with Gasteiger partial charge in [0, 0.05) is 18.5 Å². The first-order valence-electron chi connectivity index (χ1n) is 7.93. The summed E-state index contributed by atoms with van der Waals surface area (Å²) in [6.45, 7) is 10.1. The highest BCUT2D eigenvalue weighted by Gasteiger charge is 2.08. The minimum Gasteiger partial charge on any atom is -0.356 e. The van der Waals surface area contributed by atoms with E-state index in [1.54, 1.807) is 18.4 Å². The van der Waals surface area contributed by atoms with Crippen molar-refractivity contribution < 1.29 is 0 Å². The molecule has 1 aromatic carbocycles. The fourth-order valence-electron chi connectivity index (χ4n) is 2.34. The Labute approximate surface area is 143 Å². The molecule has 2 rings (SSSR count). The third-order valence-corrected chi connectivity index (χ3v) is 4.96. The van der Waals surface area contributed by atoms with E-state index in [4.69, 9.17) is 0 Å². The van der Waals surface area contributed by atoms with E-state index in [0.717, 1.165) is 23.2 Å². The molecule has 2 N–H and O–H groups in total. The van der Waals surface area contributed by atoms with Crippen LogP contribution in [0.15, 0.2) is 29.3 Å². The number of nitrogens with one attached hydrogen (secondary N) is 2. The monoisotopic (exact) mass is 330 g/mol. The average molecular weight is 331 g/mol. The zero-order valence-corrected chi connectivity index (χ0v) is 15.4. The standard InChI is InChI=1S/C18H26N4S/c1-12-7-6-8-16(9-12)13(2)10-20-18(19-5)21-11-17-22-14(3)15(4)23-17/h6-9,13H,10-11H2,1-5H3,(H2,19,20,21). The molecule has 1 unspecified atom stereocenters. The SMILES string of the molecule is CN=C(NCc1nc(C)c(C)s1)NCC(C)c1cccc(C)c1. The van der Waals surface area contributed by atoms with Crippen LogP contribution in [0.25, 0.3) is 0 Å². The molecule has 1 aromatic heterocycles. The van der Waals surface area contributed by atoms with Crippen LogP contribution in [0.3, 0.4) is 0 Å². The summed E-state index contributed by atoms with van der Waals surface area (Å²) < 4.78 is 0. The van der Waals surface area contributed by atoms with E-state index in [1.807, 2.05) is 6.92 Å². The zero-order valence-electron chi connectivity index (χ0n) is 14.6. The second-order valence-corrected chi connectivity index (χ2v) is 7.16. The smallest absolute Gasteiger partial charge is 0.191 e. The van der Waals surface area contributed by atoms with Gasteiger partial charge >= 0.3 is 0 Å². The molecule has 124 valence electrons. The fraction of sp³-hybridized carbons (Fsp3) is 0.444. The number of aliphatic imine (C=N–C) groups is 1. The van der Waals surface area contributed by atoms with Crippen molar-refractivity contribution in [3.05, 3.63) is 51.0 Å². The molecule has 4 nitrogen and oxygen atoms in total. The number of rotatable bonds is 5. The summed E-state index contributed by atoms with van der Waals surface area (Å²) >= 11 is 1.73. The van der Waals surface area contributed by atoms with Crippen LogP contribution >= 0.6 is 11.3 Å². The third kappa shape index (κ3) is 5.06. The molecule has 0 saturated carbocycles. The third-order valence-electron chi connectivity index (χ3n) is 3.89. The van der Waals surface area contributed by atoms with E-state index in [9.17, 15) is 0 Å². The second kappa shape index (κ2) is 8.11. The molecule has 0 aliphatic rings. The number of benzene rings is 1. The molecule has 0 bridgehead atoms. The number of thiazole rings is 1. The van der Waals surface area contributed by atoms with Crippen molar-refractivity contribution in [1.29, 1.82) is 0 Å². The molecular weight excluding hydrogens is 304 g/mol. The summed E-state index contributed by atoms with van der Waals surface area (Å²) in [5.41, 5.74) is 3.76. The van der Waals surface area contributed by atoms with Crippen molar-refractivity contribution in [3.8, 4) is 0 Å². The molecule has 1 atom stereocenters. The predicted molar refractivity (Wildman–Crippen MR) is 99.4 cm³/mol. The van der Waals surface area contributed by atoms with Crippen LogP contribution in [0.4, 0.5) is 0 Å². The van der Waals surface area contributed by atoms with Crippen LogP contribution < -0.4 is 10.6 Å². The van der Waals surface area contributed by atoms with Crippen LogP contribution in [0.1, 0.15) is 39.5 Å². The molecule has 0 saturated heterocycles. The number of hydrogen-bond acceptors (Lipinski definition) is 3. The molecule has 0 aliphatic heterocycles. The molecule has 0 aliphatic carbocycles. The van der Waals surface area contributed by atoms with Crippen molar-refractivity contribution in [1.82, 2.24) is 15.6 Å². The van der Waals surface area contributed by atoms with Crippen LogP contribution in [0.5, 0.6) is 0 Å². The van der Waals surface area contributed by atoms with Crippen LogP contribution in [-0.2, 0) is 6.54 Å². The van der Waals surface area contributed by atoms with Gasteiger partial charge in [0.15, 0.2) is 5.96 Å². The summed E-state index contributed by atoms with van der Waals surface area (Å²) in [7, 11) is 1.80. The Morgan fingerprint density at radius 3 is 2.65 bits per heavy atom. The second-order valence-electron chi connectivity index (χ2n) is 5.87. The quantitative estimate of drug-likeness (QED) is 0.651. The molecule has 0 spiro atoms. The van der Waals surface area contributed by atoms with Gasteiger partial charge in [0.05, 0.1) is 12.2 Å². The van der Waals surface area contributed by atoms with E-state index < -0.39 is 0 Å². The van der Waals surface area contributed by atoms with Crippen molar-refractivity contribution in [2.24, 2.45) is 4.99 Å². The van der Waals surface area contributed by atoms with Gasteiger partial charge in [-0.15, -0.1) is 11.3 Å². The van der Waals surface area contributed by atoms with Gasteiger partial charge in [0.25, 0.3) is 0 Å². The van der Waals surface area contributed by atoms with Gasteiger partial charge in [0.1, 0.15) is 5.01 Å². The molecule has 5 heteroatoms. The summed E-state index contributed by atoms with van der Waals surface area (Å²) in [6, 6.07) is 8.66. The van der Waals surface area contributed by atoms with E-state index in [1.165, 1.54) is 16.0 Å². The lowest BCUT2D eigenvalue weighted by Crippen LogP contribution is -2.38. The number of aromatic nitrogens is 1. The van der Waals surface area contributed by atoms with Crippen molar-refractivity contribution >= 4 is 17.3 Å². The highest BCUT2D eigenvalue weighted by molar-refractivity contribution is 7.11. The van der Waals surface area contributed by atoms with Crippen LogP contribution in [0.2, 0.25) is 0 Å². The minimum atomic E-state index is 0.429. The van der Waals surface area contributed by atoms with E-state index in [-0.39, 0.29) is 0 Å². The normalized spacial score (nSPS) is 13.0. The molecule has 0 amide bonds. The van der Waals surface area contributed by atoms with E-state index in [0.29, 0.717) is 12.5 Å². The number of hydrogen-bond donors (Lipinski definition) is 2. The lowest BCUT2D eigenvalue weighted by Gasteiger charge is -2.16. The number of aryl methyl sites for hydroxylation is 3. The average Bonchev–Trinajstić information content (AvgIpc) is 2.85. The first-order valence-corrected chi connectivity index (χ1v) is 8.75. The van der Waals surface area contributed by atoms with Crippen LogP contribution in [-0.4, -0.2) is 24.5 Å². The van der Waals surface area contributed by atoms with E-state index >= 15 is 0 Å². The van der Waals surface area contributed by atoms with Gasteiger partial charge in [-0.1, -0.05) is 36.8 Å². The number of nitrogens with zero attached hydrogens (tertiary/aromatic N) is 2. The Morgan fingerprint density at radius 2 is 2.04 bits per heavy atom. The Kier molecular flexibility index (Phi) is 6.16. The Balaban J connectivity index is 1.85. The van der Waals surface area contributed by atoms with Gasteiger partial charge in [-0.2, -0.15) is 0 Å². The van der Waals surface area contributed by atoms with Gasteiger partial charge in [-0.3, -0.25) is 4.99 Å². The van der Waals surface area contributed by atoms with E-state index in [2.05, 4.69) is 65.6 Å². The van der Waals surface area contributed by atoms with Gasteiger partial charge in [0.2, 0.25) is 0 Å². The maximum atomic E-state index is 4.54. The first kappa shape index (κ1) is 17.5. The van der Waals surface area contributed by atoms with Gasteiger partial charge in [-0.05, 0) is 32.3 Å².